The number of hydrogen-bond donors (Lipinski definition) is 1. The molecule has 0 saturated carbocycles. The molecule has 1 heterocycles. The van der Waals surface area contributed by atoms with Crippen molar-refractivity contribution in [3.8, 4) is 11.3 Å². The molecule has 126 valence electrons. The lowest BCUT2D eigenvalue weighted by Gasteiger charge is -1.99. The lowest BCUT2D eigenvalue weighted by atomic mass is 10.2. The number of hydrogen-bond acceptors (Lipinski definition) is 3. The number of aromatic nitrogens is 1. The van der Waals surface area contributed by atoms with Gasteiger partial charge in [0.15, 0.2) is 16.8 Å². The summed E-state index contributed by atoms with van der Waals surface area (Å²) >= 11 is 7.20. The predicted molar refractivity (Wildman–Crippen MR) is 96.6 cm³/mol. The number of halogens is 3. The number of benzene rings is 2. The van der Waals surface area contributed by atoms with Gasteiger partial charge in [-0.05, 0) is 35.9 Å². The van der Waals surface area contributed by atoms with E-state index in [-0.39, 0.29) is 5.91 Å². The molecule has 1 amide bonds. The van der Waals surface area contributed by atoms with Crippen LogP contribution in [0, 0.1) is 11.6 Å². The molecule has 0 atom stereocenters. The molecule has 0 fully saturated rings. The molecule has 0 spiro atoms. The Labute approximate surface area is 151 Å². The zero-order valence-electron chi connectivity index (χ0n) is 12.7. The van der Waals surface area contributed by atoms with Crippen LogP contribution in [-0.2, 0) is 4.79 Å². The lowest BCUT2D eigenvalue weighted by molar-refractivity contribution is -0.111. The summed E-state index contributed by atoms with van der Waals surface area (Å²) in [7, 11) is 0. The van der Waals surface area contributed by atoms with E-state index < -0.39 is 11.6 Å². The normalized spacial score (nSPS) is 11.0. The lowest BCUT2D eigenvalue weighted by Crippen LogP contribution is -2.07. The third kappa shape index (κ3) is 4.29. The molecule has 1 N–H and O–H groups in total. The summed E-state index contributed by atoms with van der Waals surface area (Å²) < 4.78 is 26.3. The molecule has 1 aromatic heterocycles. The zero-order chi connectivity index (χ0) is 17.8. The fraction of sp³-hybridized carbons (Fsp3) is 0. The quantitative estimate of drug-likeness (QED) is 0.620. The number of nitrogens with zero attached hydrogens (tertiary/aromatic N) is 1. The highest BCUT2D eigenvalue weighted by molar-refractivity contribution is 7.14. The van der Waals surface area contributed by atoms with Gasteiger partial charge in [0.2, 0.25) is 5.91 Å². The number of rotatable bonds is 4. The van der Waals surface area contributed by atoms with Crippen LogP contribution in [0.25, 0.3) is 17.3 Å². The second kappa shape index (κ2) is 7.55. The molecule has 0 radical (unpaired) electrons. The first kappa shape index (κ1) is 17.3. The minimum Gasteiger partial charge on any atom is -0.298 e. The van der Waals surface area contributed by atoms with Crippen molar-refractivity contribution in [2.75, 3.05) is 5.32 Å². The van der Waals surface area contributed by atoms with E-state index in [1.54, 1.807) is 29.7 Å². The van der Waals surface area contributed by atoms with Gasteiger partial charge in [-0.15, -0.1) is 11.3 Å². The van der Waals surface area contributed by atoms with Gasteiger partial charge >= 0.3 is 0 Å². The van der Waals surface area contributed by atoms with Gasteiger partial charge in [0, 0.05) is 22.0 Å². The minimum atomic E-state index is -0.946. The van der Waals surface area contributed by atoms with Crippen molar-refractivity contribution in [1.82, 2.24) is 4.98 Å². The molecular weight excluding hydrogens is 366 g/mol. The Morgan fingerprint density at radius 3 is 2.72 bits per heavy atom. The van der Waals surface area contributed by atoms with Gasteiger partial charge in [0.25, 0.3) is 0 Å². The van der Waals surface area contributed by atoms with E-state index in [0.29, 0.717) is 21.4 Å². The van der Waals surface area contributed by atoms with E-state index in [4.69, 9.17) is 11.6 Å². The van der Waals surface area contributed by atoms with Crippen molar-refractivity contribution < 1.29 is 13.6 Å². The number of thiazole rings is 1. The zero-order valence-corrected chi connectivity index (χ0v) is 14.2. The third-order valence-electron chi connectivity index (χ3n) is 3.27. The smallest absolute Gasteiger partial charge is 0.250 e. The SMILES string of the molecule is O=C(/C=C/c1ccccc1Cl)Nc1nc(-c2ccc(F)c(F)c2)cs1. The van der Waals surface area contributed by atoms with Crippen LogP contribution >= 0.6 is 22.9 Å². The molecule has 0 bridgehead atoms. The largest absolute Gasteiger partial charge is 0.298 e. The highest BCUT2D eigenvalue weighted by atomic mass is 35.5. The molecule has 0 unspecified atom stereocenters. The molecule has 0 aliphatic rings. The molecule has 7 heteroatoms. The van der Waals surface area contributed by atoms with E-state index in [0.717, 1.165) is 17.7 Å². The first-order valence-electron chi connectivity index (χ1n) is 7.17. The van der Waals surface area contributed by atoms with Gasteiger partial charge in [-0.3, -0.25) is 10.1 Å². The Balaban J connectivity index is 1.69. The molecule has 3 nitrogen and oxygen atoms in total. The van der Waals surface area contributed by atoms with Crippen molar-refractivity contribution >= 4 is 40.1 Å². The van der Waals surface area contributed by atoms with Crippen molar-refractivity contribution in [3.05, 3.63) is 76.1 Å². The second-order valence-corrected chi connectivity index (χ2v) is 6.28. The number of carbonyl (C=O) groups excluding carboxylic acids is 1. The van der Waals surface area contributed by atoms with E-state index >= 15 is 0 Å². The highest BCUT2D eigenvalue weighted by Gasteiger charge is 2.09. The highest BCUT2D eigenvalue weighted by Crippen LogP contribution is 2.26. The summed E-state index contributed by atoms with van der Waals surface area (Å²) in [6.07, 6.45) is 2.95. The molecule has 0 aliphatic carbocycles. The minimum absolute atomic E-state index is 0.355. The van der Waals surface area contributed by atoms with Crippen molar-refractivity contribution in [3.63, 3.8) is 0 Å². The maximum absolute atomic E-state index is 13.3. The first-order valence-corrected chi connectivity index (χ1v) is 8.43. The molecule has 3 rings (SSSR count). The predicted octanol–water partition coefficient (Wildman–Crippen LogP) is 5.39. The van der Waals surface area contributed by atoms with E-state index in [2.05, 4.69) is 10.3 Å². The fourth-order valence-corrected chi connectivity index (χ4v) is 2.96. The molecule has 0 saturated heterocycles. The van der Waals surface area contributed by atoms with Gasteiger partial charge in [0.05, 0.1) is 5.69 Å². The van der Waals surface area contributed by atoms with Crippen LogP contribution in [-0.4, -0.2) is 10.9 Å². The maximum Gasteiger partial charge on any atom is 0.250 e. The van der Waals surface area contributed by atoms with Crippen LogP contribution in [0.5, 0.6) is 0 Å². The summed E-state index contributed by atoms with van der Waals surface area (Å²) in [5.74, 6) is -2.23. The average molecular weight is 377 g/mol. The van der Waals surface area contributed by atoms with E-state index in [1.807, 2.05) is 6.07 Å². The number of amides is 1. The van der Waals surface area contributed by atoms with Gasteiger partial charge < -0.3 is 0 Å². The summed E-state index contributed by atoms with van der Waals surface area (Å²) in [6.45, 7) is 0. The summed E-state index contributed by atoms with van der Waals surface area (Å²) in [5, 5.41) is 5.17. The van der Waals surface area contributed by atoms with Crippen LogP contribution in [0.2, 0.25) is 5.02 Å². The topological polar surface area (TPSA) is 42.0 Å². The van der Waals surface area contributed by atoms with Gasteiger partial charge in [-0.1, -0.05) is 29.8 Å². The monoisotopic (exact) mass is 376 g/mol. The van der Waals surface area contributed by atoms with Gasteiger partial charge in [-0.2, -0.15) is 0 Å². The Hall–Kier alpha value is -2.57. The summed E-state index contributed by atoms with van der Waals surface area (Å²) in [5.41, 5.74) is 1.61. The third-order valence-corrected chi connectivity index (χ3v) is 4.37. The molecule has 3 aromatic rings. The fourth-order valence-electron chi connectivity index (χ4n) is 2.04. The number of carbonyl (C=O) groups is 1. The average Bonchev–Trinajstić information content (AvgIpc) is 3.05. The summed E-state index contributed by atoms with van der Waals surface area (Å²) in [4.78, 5) is 16.2. The molecule has 0 aliphatic heterocycles. The van der Waals surface area contributed by atoms with Crippen molar-refractivity contribution in [1.29, 1.82) is 0 Å². The number of nitrogens with one attached hydrogen (secondary N) is 1. The van der Waals surface area contributed by atoms with Crippen molar-refractivity contribution in [2.45, 2.75) is 0 Å². The molecule has 2 aromatic carbocycles. The van der Waals surface area contributed by atoms with Crippen LogP contribution in [0.3, 0.4) is 0 Å². The standard InChI is InChI=1S/C18H11ClF2N2OS/c19-13-4-2-1-3-11(13)6-8-17(24)23-18-22-16(10-25-18)12-5-7-14(20)15(21)9-12/h1-10H,(H,22,23,24)/b8-6+. The maximum atomic E-state index is 13.3. The Morgan fingerprint density at radius 1 is 1.16 bits per heavy atom. The molecular formula is C18H11ClF2N2OS. The van der Waals surface area contributed by atoms with Crippen LogP contribution in [0.15, 0.2) is 53.9 Å². The van der Waals surface area contributed by atoms with E-state index in [1.165, 1.54) is 23.5 Å². The Kier molecular flexibility index (Phi) is 5.21. The van der Waals surface area contributed by atoms with Crippen molar-refractivity contribution in [2.24, 2.45) is 0 Å². The van der Waals surface area contributed by atoms with Crippen LogP contribution in [0.4, 0.5) is 13.9 Å². The van der Waals surface area contributed by atoms with E-state index in [9.17, 15) is 13.6 Å². The summed E-state index contributed by atoms with van der Waals surface area (Å²) in [6, 6.07) is 10.7. The number of anilines is 1. The van der Waals surface area contributed by atoms with Crippen LogP contribution in [0.1, 0.15) is 5.56 Å². The van der Waals surface area contributed by atoms with Gasteiger partial charge in [0.1, 0.15) is 0 Å². The Bertz CT molecular complexity index is 956. The Morgan fingerprint density at radius 2 is 1.96 bits per heavy atom. The van der Waals surface area contributed by atoms with Crippen LogP contribution < -0.4 is 5.32 Å². The van der Waals surface area contributed by atoms with Gasteiger partial charge in [-0.25, -0.2) is 13.8 Å². The first-order chi connectivity index (χ1) is 12.0. The molecule has 25 heavy (non-hydrogen) atoms. The second-order valence-electron chi connectivity index (χ2n) is 5.01.